The van der Waals surface area contributed by atoms with Gasteiger partial charge in [0.15, 0.2) is 11.8 Å². The lowest BCUT2D eigenvalue weighted by molar-refractivity contribution is -0.533. The second-order valence-electron chi connectivity index (χ2n) is 3.35. The van der Waals surface area contributed by atoms with Crippen molar-refractivity contribution in [2.24, 2.45) is 0 Å². The summed E-state index contributed by atoms with van der Waals surface area (Å²) in [7, 11) is 0. The van der Waals surface area contributed by atoms with Gasteiger partial charge < -0.3 is 25.6 Å². The number of aliphatic hydroxyl groups is 4. The van der Waals surface area contributed by atoms with E-state index >= 15 is 0 Å². The molecule has 1 rings (SSSR count). The zero-order chi connectivity index (χ0) is 10.9. The summed E-state index contributed by atoms with van der Waals surface area (Å²) in [6.45, 7) is 1.10. The van der Waals surface area contributed by atoms with Gasteiger partial charge in [0, 0.05) is 6.42 Å². The molecule has 0 aromatic heterocycles. The van der Waals surface area contributed by atoms with E-state index in [2.05, 4.69) is 0 Å². The van der Waals surface area contributed by atoms with Crippen LogP contribution >= 0.6 is 0 Å². The molecule has 6 nitrogen and oxygen atoms in total. The van der Waals surface area contributed by atoms with Gasteiger partial charge in [0.05, 0.1) is 0 Å². The molecule has 0 aromatic carbocycles. The lowest BCUT2D eigenvalue weighted by Gasteiger charge is -2.33. The highest BCUT2D eigenvalue weighted by Gasteiger charge is 2.45. The van der Waals surface area contributed by atoms with Gasteiger partial charge in [-0.2, -0.15) is 0 Å². The van der Waals surface area contributed by atoms with Gasteiger partial charge in [0.2, 0.25) is 6.04 Å². The van der Waals surface area contributed by atoms with Crippen LogP contribution in [0.3, 0.4) is 0 Å². The van der Waals surface area contributed by atoms with Crippen LogP contribution in [0.1, 0.15) is 13.3 Å². The summed E-state index contributed by atoms with van der Waals surface area (Å²) >= 11 is 0. The van der Waals surface area contributed by atoms with Crippen LogP contribution in [0.4, 0.5) is 0 Å². The van der Waals surface area contributed by atoms with E-state index in [1.165, 1.54) is 0 Å². The van der Waals surface area contributed by atoms with E-state index in [4.69, 9.17) is 5.11 Å². The summed E-state index contributed by atoms with van der Waals surface area (Å²) in [5.41, 5.74) is 0.0850. The van der Waals surface area contributed by atoms with Crippen molar-refractivity contribution in [3.05, 3.63) is 5.21 Å². The topological polar surface area (TPSA) is 107 Å². The van der Waals surface area contributed by atoms with Gasteiger partial charge in [-0.15, -0.1) is 0 Å². The van der Waals surface area contributed by atoms with Crippen LogP contribution in [0.25, 0.3) is 0 Å². The van der Waals surface area contributed by atoms with Crippen LogP contribution < -0.4 is 0 Å². The number of aliphatic hydroxyl groups excluding tert-OH is 4. The van der Waals surface area contributed by atoms with Crippen molar-refractivity contribution in [3.8, 4) is 0 Å². The average Bonchev–Trinajstić information content (AvgIpc) is 2.16. The molecule has 4 N–H and O–H groups in total. The van der Waals surface area contributed by atoms with Gasteiger partial charge in [-0.1, -0.05) is 6.92 Å². The summed E-state index contributed by atoms with van der Waals surface area (Å²) in [4.78, 5) is 0. The largest absolute Gasteiger partial charge is 0.623 e. The van der Waals surface area contributed by atoms with Gasteiger partial charge in [-0.05, 0) is 0 Å². The summed E-state index contributed by atoms with van der Waals surface area (Å²) in [5, 5.41) is 48.4. The Labute approximate surface area is 81.3 Å². The second-order valence-corrected chi connectivity index (χ2v) is 3.35. The van der Waals surface area contributed by atoms with E-state index in [0.29, 0.717) is 4.74 Å². The summed E-state index contributed by atoms with van der Waals surface area (Å²) in [5.74, 6) is 0. The molecule has 1 aliphatic rings. The molecule has 1 aliphatic heterocycles. The zero-order valence-corrected chi connectivity index (χ0v) is 7.87. The molecule has 0 spiro atoms. The molecular formula is C8H15NO5. The summed E-state index contributed by atoms with van der Waals surface area (Å²) in [6, 6.07) is -1.09. The van der Waals surface area contributed by atoms with Crippen LogP contribution in [0.2, 0.25) is 0 Å². The van der Waals surface area contributed by atoms with Gasteiger partial charge in [-0.3, -0.25) is 0 Å². The molecule has 0 aliphatic carbocycles. The van der Waals surface area contributed by atoms with Gasteiger partial charge in [-0.25, -0.2) is 4.74 Å². The number of hydrogen-bond acceptors (Lipinski definition) is 5. The number of rotatable bonds is 2. The normalized spacial score (nSPS) is 38.9. The molecule has 6 heteroatoms. The lowest BCUT2D eigenvalue weighted by atomic mass is 9.93. The second kappa shape index (κ2) is 4.22. The van der Waals surface area contributed by atoms with Crippen LogP contribution in [0.5, 0.6) is 0 Å². The molecular weight excluding hydrogens is 190 g/mol. The molecule has 0 saturated carbocycles. The Kier molecular flexibility index (Phi) is 3.43. The Morgan fingerprint density at radius 1 is 1.29 bits per heavy atom. The molecule has 0 saturated heterocycles. The minimum Gasteiger partial charge on any atom is -0.623 e. The molecule has 1 heterocycles. The summed E-state index contributed by atoms with van der Waals surface area (Å²) in [6.07, 6.45) is -3.92. The fourth-order valence-electron chi connectivity index (χ4n) is 1.64. The summed E-state index contributed by atoms with van der Waals surface area (Å²) < 4.78 is 0.391. The molecule has 4 unspecified atom stereocenters. The zero-order valence-electron chi connectivity index (χ0n) is 7.87. The Morgan fingerprint density at radius 2 is 1.86 bits per heavy atom. The predicted molar refractivity (Wildman–Crippen MR) is 47.8 cm³/mol. The first-order valence-electron chi connectivity index (χ1n) is 4.51. The molecule has 0 aromatic rings. The fourth-order valence-corrected chi connectivity index (χ4v) is 1.64. The van der Waals surface area contributed by atoms with E-state index in [9.17, 15) is 20.5 Å². The highest BCUT2D eigenvalue weighted by Crippen LogP contribution is 2.16. The highest BCUT2D eigenvalue weighted by molar-refractivity contribution is 5.85. The van der Waals surface area contributed by atoms with Crippen molar-refractivity contribution in [1.29, 1.82) is 0 Å². The van der Waals surface area contributed by atoms with E-state index in [1.54, 1.807) is 6.92 Å². The van der Waals surface area contributed by atoms with Crippen LogP contribution in [0.15, 0.2) is 0 Å². The Balaban J connectivity index is 3.05. The van der Waals surface area contributed by atoms with Crippen LogP contribution in [0, 0.1) is 5.21 Å². The van der Waals surface area contributed by atoms with Crippen LogP contribution in [-0.2, 0) is 0 Å². The molecule has 14 heavy (non-hydrogen) atoms. The quantitative estimate of drug-likeness (QED) is 0.302. The first kappa shape index (κ1) is 11.4. The van der Waals surface area contributed by atoms with Crippen molar-refractivity contribution in [2.75, 3.05) is 6.61 Å². The van der Waals surface area contributed by atoms with Crippen molar-refractivity contribution >= 4 is 5.71 Å². The molecule has 0 fully saturated rings. The molecule has 0 bridgehead atoms. The Morgan fingerprint density at radius 3 is 2.29 bits per heavy atom. The number of hydroxylamine groups is 1. The van der Waals surface area contributed by atoms with Crippen LogP contribution in [-0.4, -0.2) is 61.8 Å². The van der Waals surface area contributed by atoms with Gasteiger partial charge in [0.25, 0.3) is 0 Å². The first-order chi connectivity index (χ1) is 6.54. The maximum atomic E-state index is 11.4. The maximum absolute atomic E-state index is 11.4. The monoisotopic (exact) mass is 205 g/mol. The van der Waals surface area contributed by atoms with Crippen molar-refractivity contribution in [3.63, 3.8) is 0 Å². The molecule has 4 atom stereocenters. The predicted octanol–water partition coefficient (Wildman–Crippen LogP) is -2.20. The number of hydrogen-bond donors (Lipinski definition) is 4. The average molecular weight is 205 g/mol. The van der Waals surface area contributed by atoms with Gasteiger partial charge >= 0.3 is 0 Å². The van der Waals surface area contributed by atoms with E-state index in [-0.39, 0.29) is 12.1 Å². The van der Waals surface area contributed by atoms with E-state index in [1.807, 2.05) is 0 Å². The molecule has 82 valence electrons. The van der Waals surface area contributed by atoms with E-state index in [0.717, 1.165) is 0 Å². The third kappa shape index (κ3) is 1.61. The third-order valence-electron chi connectivity index (χ3n) is 2.54. The first-order valence-corrected chi connectivity index (χ1v) is 4.51. The minimum absolute atomic E-state index is 0.0850. The van der Waals surface area contributed by atoms with Crippen molar-refractivity contribution in [2.45, 2.75) is 37.7 Å². The fraction of sp³-hybridized carbons (Fsp3) is 0.875. The molecule has 0 amide bonds. The van der Waals surface area contributed by atoms with Crippen molar-refractivity contribution < 1.29 is 25.2 Å². The molecule has 0 radical (unpaired) electrons. The van der Waals surface area contributed by atoms with E-state index < -0.39 is 31.0 Å². The Bertz CT molecular complexity index is 242. The lowest BCUT2D eigenvalue weighted by Crippen LogP contribution is -2.59. The minimum atomic E-state index is -1.43. The smallest absolute Gasteiger partial charge is 0.214 e. The highest BCUT2D eigenvalue weighted by atomic mass is 16.5. The van der Waals surface area contributed by atoms with Gasteiger partial charge in [0.1, 0.15) is 18.8 Å². The van der Waals surface area contributed by atoms with Crippen molar-refractivity contribution in [1.82, 2.24) is 0 Å². The SMILES string of the molecule is CCC1=[N+]([O-])C(CO)C(O)C(O)C1O. The Hall–Kier alpha value is -0.690. The maximum Gasteiger partial charge on any atom is 0.214 e. The standard InChI is InChI=1S/C8H15NO5/c1-2-4-6(11)8(13)7(12)5(3-10)9(4)14/h5-8,10-13H,2-3H2,1H3. The third-order valence-corrected chi connectivity index (χ3v) is 2.54. The number of nitrogens with zero attached hydrogens (tertiary/aromatic N) is 1.